The second kappa shape index (κ2) is 7.83. The van der Waals surface area contributed by atoms with Crippen molar-refractivity contribution in [2.24, 2.45) is 18.0 Å². The normalized spacial score (nSPS) is 13.2. The Kier molecular flexibility index (Phi) is 5.80. The van der Waals surface area contributed by atoms with Gasteiger partial charge in [0.15, 0.2) is 5.96 Å². The summed E-state index contributed by atoms with van der Waals surface area (Å²) in [6.07, 6.45) is 2.90. The average molecular weight is 305 g/mol. The number of guanidine groups is 1. The molecule has 0 aliphatic rings. The first kappa shape index (κ1) is 15.6. The summed E-state index contributed by atoms with van der Waals surface area (Å²) >= 11 is 1.82. The van der Waals surface area contributed by atoms with Crippen LogP contribution in [0.5, 0.6) is 0 Å². The van der Waals surface area contributed by atoms with E-state index in [2.05, 4.69) is 45.2 Å². The van der Waals surface area contributed by atoms with E-state index in [9.17, 15) is 0 Å². The number of rotatable bonds is 6. The van der Waals surface area contributed by atoms with Crippen LogP contribution >= 0.6 is 11.3 Å². The highest BCUT2D eigenvalue weighted by atomic mass is 32.1. The van der Waals surface area contributed by atoms with Crippen molar-refractivity contribution in [1.29, 1.82) is 0 Å². The molecule has 2 aromatic rings. The van der Waals surface area contributed by atoms with Gasteiger partial charge in [-0.2, -0.15) is 5.10 Å². The molecule has 2 aromatic heterocycles. The van der Waals surface area contributed by atoms with E-state index in [1.165, 1.54) is 4.88 Å². The fraction of sp³-hybridized carbons (Fsp3) is 0.467. The Morgan fingerprint density at radius 3 is 2.90 bits per heavy atom. The van der Waals surface area contributed by atoms with Crippen molar-refractivity contribution in [3.63, 3.8) is 0 Å². The zero-order chi connectivity index (χ0) is 15.1. The van der Waals surface area contributed by atoms with E-state index in [4.69, 9.17) is 0 Å². The Balaban J connectivity index is 1.73. The van der Waals surface area contributed by atoms with E-state index in [0.717, 1.165) is 31.2 Å². The summed E-state index contributed by atoms with van der Waals surface area (Å²) in [6.45, 7) is 3.87. The van der Waals surface area contributed by atoms with E-state index in [-0.39, 0.29) is 0 Å². The van der Waals surface area contributed by atoms with Crippen LogP contribution in [0.25, 0.3) is 0 Å². The summed E-state index contributed by atoms with van der Waals surface area (Å²) in [5.41, 5.74) is 1.13. The van der Waals surface area contributed by atoms with Crippen molar-refractivity contribution < 1.29 is 0 Å². The molecule has 2 rings (SSSR count). The average Bonchev–Trinajstić information content (AvgIpc) is 3.11. The van der Waals surface area contributed by atoms with Crippen molar-refractivity contribution in [2.75, 3.05) is 13.6 Å². The van der Waals surface area contributed by atoms with Crippen LogP contribution in [0.3, 0.4) is 0 Å². The van der Waals surface area contributed by atoms with Crippen LogP contribution in [0.1, 0.15) is 17.5 Å². The smallest absolute Gasteiger partial charge is 0.191 e. The van der Waals surface area contributed by atoms with Crippen molar-refractivity contribution >= 4 is 17.3 Å². The molecule has 21 heavy (non-hydrogen) atoms. The third-order valence-electron chi connectivity index (χ3n) is 3.33. The topological polar surface area (TPSA) is 54.2 Å². The van der Waals surface area contributed by atoms with Crippen LogP contribution in [0.15, 0.2) is 34.8 Å². The molecule has 1 atom stereocenters. The first-order valence-electron chi connectivity index (χ1n) is 7.13. The molecule has 0 saturated heterocycles. The van der Waals surface area contributed by atoms with E-state index in [1.807, 2.05) is 29.1 Å². The van der Waals surface area contributed by atoms with E-state index in [0.29, 0.717) is 5.92 Å². The van der Waals surface area contributed by atoms with Crippen LogP contribution in [-0.4, -0.2) is 29.3 Å². The number of hydrogen-bond donors (Lipinski definition) is 2. The standard InChI is InChI=1S/C15H23N5S/c1-12(9-14-5-4-8-21-14)10-17-15(16-2)18-11-13-6-7-19-20(13)3/h4-8,12H,9-11H2,1-3H3,(H2,16,17,18). The lowest BCUT2D eigenvalue weighted by atomic mass is 10.1. The van der Waals surface area contributed by atoms with Crippen LogP contribution in [0.4, 0.5) is 0 Å². The van der Waals surface area contributed by atoms with Crippen LogP contribution in [0, 0.1) is 5.92 Å². The molecule has 114 valence electrons. The van der Waals surface area contributed by atoms with Gasteiger partial charge in [0.2, 0.25) is 0 Å². The minimum Gasteiger partial charge on any atom is -0.356 e. The van der Waals surface area contributed by atoms with Crippen molar-refractivity contribution in [2.45, 2.75) is 19.9 Å². The molecule has 0 spiro atoms. The summed E-state index contributed by atoms with van der Waals surface area (Å²) in [6, 6.07) is 6.30. The minimum atomic E-state index is 0.568. The molecular formula is C15H23N5S. The lowest BCUT2D eigenvalue weighted by molar-refractivity contribution is 0.561. The number of aliphatic imine (C=N–C) groups is 1. The Morgan fingerprint density at radius 1 is 1.43 bits per heavy atom. The lowest BCUT2D eigenvalue weighted by Crippen LogP contribution is -2.39. The van der Waals surface area contributed by atoms with Gasteiger partial charge in [-0.1, -0.05) is 13.0 Å². The van der Waals surface area contributed by atoms with Gasteiger partial charge < -0.3 is 10.6 Å². The predicted octanol–water partition coefficient (Wildman–Crippen LogP) is 2.03. The molecule has 0 bridgehead atoms. The van der Waals surface area contributed by atoms with Crippen molar-refractivity contribution in [3.8, 4) is 0 Å². The first-order valence-corrected chi connectivity index (χ1v) is 8.00. The van der Waals surface area contributed by atoms with E-state index >= 15 is 0 Å². The number of aryl methyl sites for hydroxylation is 1. The molecule has 0 aromatic carbocycles. The Bertz CT molecular complexity index is 558. The SMILES string of the molecule is CN=C(NCc1ccnn1C)NCC(C)Cc1cccs1. The molecule has 2 N–H and O–H groups in total. The molecular weight excluding hydrogens is 282 g/mol. The highest BCUT2D eigenvalue weighted by molar-refractivity contribution is 7.09. The third-order valence-corrected chi connectivity index (χ3v) is 4.23. The zero-order valence-corrected chi connectivity index (χ0v) is 13.7. The quantitative estimate of drug-likeness (QED) is 0.634. The predicted molar refractivity (Wildman–Crippen MR) is 88.6 cm³/mol. The Labute approximate surface area is 130 Å². The number of aromatic nitrogens is 2. The van der Waals surface area contributed by atoms with Gasteiger partial charge in [-0.05, 0) is 29.9 Å². The second-order valence-electron chi connectivity index (χ2n) is 5.14. The fourth-order valence-electron chi connectivity index (χ4n) is 2.08. The van der Waals surface area contributed by atoms with Gasteiger partial charge in [0, 0.05) is 31.7 Å². The van der Waals surface area contributed by atoms with Gasteiger partial charge in [-0.3, -0.25) is 9.67 Å². The van der Waals surface area contributed by atoms with Crippen molar-refractivity contribution in [1.82, 2.24) is 20.4 Å². The largest absolute Gasteiger partial charge is 0.356 e. The lowest BCUT2D eigenvalue weighted by Gasteiger charge is -2.15. The van der Waals surface area contributed by atoms with Gasteiger partial charge in [-0.15, -0.1) is 11.3 Å². The monoisotopic (exact) mass is 305 g/mol. The molecule has 0 radical (unpaired) electrons. The maximum absolute atomic E-state index is 4.25. The van der Waals surface area contributed by atoms with E-state index in [1.54, 1.807) is 13.2 Å². The van der Waals surface area contributed by atoms with Gasteiger partial charge in [0.05, 0.1) is 12.2 Å². The fourth-order valence-corrected chi connectivity index (χ4v) is 2.95. The first-order chi connectivity index (χ1) is 10.2. The summed E-state index contributed by atoms with van der Waals surface area (Å²) in [5.74, 6) is 1.40. The molecule has 0 aliphatic heterocycles. The molecule has 2 heterocycles. The Morgan fingerprint density at radius 2 is 2.29 bits per heavy atom. The van der Waals surface area contributed by atoms with Gasteiger partial charge in [0.1, 0.15) is 0 Å². The third kappa shape index (κ3) is 4.90. The van der Waals surface area contributed by atoms with Crippen LogP contribution in [0.2, 0.25) is 0 Å². The molecule has 5 nitrogen and oxygen atoms in total. The van der Waals surface area contributed by atoms with Crippen LogP contribution < -0.4 is 10.6 Å². The highest BCUT2D eigenvalue weighted by Gasteiger charge is 2.06. The molecule has 1 unspecified atom stereocenters. The summed E-state index contributed by atoms with van der Waals surface area (Å²) in [7, 11) is 3.73. The zero-order valence-electron chi connectivity index (χ0n) is 12.8. The van der Waals surface area contributed by atoms with Crippen molar-refractivity contribution in [3.05, 3.63) is 40.3 Å². The summed E-state index contributed by atoms with van der Waals surface area (Å²) in [5, 5.41) is 13.0. The number of nitrogens with zero attached hydrogens (tertiary/aromatic N) is 3. The van der Waals surface area contributed by atoms with E-state index < -0.39 is 0 Å². The van der Waals surface area contributed by atoms with Gasteiger partial charge >= 0.3 is 0 Å². The van der Waals surface area contributed by atoms with Crippen LogP contribution in [-0.2, 0) is 20.0 Å². The highest BCUT2D eigenvalue weighted by Crippen LogP contribution is 2.13. The summed E-state index contributed by atoms with van der Waals surface area (Å²) in [4.78, 5) is 5.69. The molecule has 0 aliphatic carbocycles. The second-order valence-corrected chi connectivity index (χ2v) is 6.17. The molecule has 0 saturated carbocycles. The maximum Gasteiger partial charge on any atom is 0.191 e. The van der Waals surface area contributed by atoms with Gasteiger partial charge in [-0.25, -0.2) is 0 Å². The minimum absolute atomic E-state index is 0.568. The van der Waals surface area contributed by atoms with Gasteiger partial charge in [0.25, 0.3) is 0 Å². The number of nitrogens with one attached hydrogen (secondary N) is 2. The number of hydrogen-bond acceptors (Lipinski definition) is 3. The number of thiophene rings is 1. The summed E-state index contributed by atoms with van der Waals surface area (Å²) < 4.78 is 1.86. The molecule has 6 heteroatoms. The molecule has 0 fully saturated rings. The maximum atomic E-state index is 4.25. The molecule has 0 amide bonds. The Hall–Kier alpha value is -1.82.